The van der Waals surface area contributed by atoms with Gasteiger partial charge in [-0.1, -0.05) is 17.7 Å². The number of hydrogen-bond donors (Lipinski definition) is 1. The Balaban J connectivity index is 2.89. The zero-order valence-electron chi connectivity index (χ0n) is 6.46. The summed E-state index contributed by atoms with van der Waals surface area (Å²) in [5, 5.41) is 0.236. The molecule has 0 unspecified atom stereocenters. The summed E-state index contributed by atoms with van der Waals surface area (Å²) in [5.41, 5.74) is 6.97. The first-order chi connectivity index (χ1) is 6.18. The first-order valence-electron chi connectivity index (χ1n) is 3.56. The average molecular weight is 259 g/mol. The van der Waals surface area contributed by atoms with Gasteiger partial charge in [0.1, 0.15) is 5.52 Å². The summed E-state index contributed by atoms with van der Waals surface area (Å²) in [4.78, 5) is 8.20. The summed E-state index contributed by atoms with van der Waals surface area (Å²) in [6, 6.07) is 5.58. The second kappa shape index (κ2) is 3.12. The van der Waals surface area contributed by atoms with Crippen LogP contribution in [0.15, 0.2) is 22.7 Å². The van der Waals surface area contributed by atoms with Gasteiger partial charge in [0.05, 0.1) is 5.52 Å². The van der Waals surface area contributed by atoms with E-state index in [-0.39, 0.29) is 11.0 Å². The third kappa shape index (κ3) is 1.47. The van der Waals surface area contributed by atoms with Crippen LogP contribution >= 0.6 is 27.5 Å². The predicted molar refractivity (Wildman–Crippen MR) is 56.7 cm³/mol. The lowest BCUT2D eigenvalue weighted by Gasteiger charge is -2.01. The van der Waals surface area contributed by atoms with E-state index in [9.17, 15) is 0 Å². The number of hydrogen-bond acceptors (Lipinski definition) is 3. The van der Waals surface area contributed by atoms with E-state index in [0.717, 1.165) is 15.5 Å². The van der Waals surface area contributed by atoms with Crippen molar-refractivity contribution in [2.75, 3.05) is 5.73 Å². The maximum atomic E-state index is 5.74. The molecule has 0 atom stereocenters. The number of aromatic nitrogens is 2. The van der Waals surface area contributed by atoms with Crippen molar-refractivity contribution < 1.29 is 0 Å². The van der Waals surface area contributed by atoms with E-state index in [2.05, 4.69) is 25.9 Å². The Bertz CT molecular complexity index is 472. The van der Waals surface area contributed by atoms with Crippen LogP contribution < -0.4 is 5.73 Å². The second-order valence-electron chi connectivity index (χ2n) is 2.51. The Labute approximate surface area is 88.1 Å². The average Bonchev–Trinajstić information content (AvgIpc) is 2.09. The molecule has 0 spiro atoms. The highest BCUT2D eigenvalue weighted by Crippen LogP contribution is 2.24. The molecule has 0 bridgehead atoms. The van der Waals surface area contributed by atoms with Crippen molar-refractivity contribution >= 4 is 44.4 Å². The number of nitrogens with two attached hydrogens (primary N) is 1. The van der Waals surface area contributed by atoms with Gasteiger partial charge in [0.25, 0.3) is 0 Å². The van der Waals surface area contributed by atoms with Crippen LogP contribution in [0.5, 0.6) is 0 Å². The molecule has 2 N–H and O–H groups in total. The van der Waals surface area contributed by atoms with Crippen molar-refractivity contribution in [2.45, 2.75) is 0 Å². The van der Waals surface area contributed by atoms with Gasteiger partial charge in [-0.3, -0.25) is 0 Å². The zero-order valence-corrected chi connectivity index (χ0v) is 8.80. The van der Waals surface area contributed by atoms with Crippen LogP contribution in [0, 0.1) is 0 Å². The molecule has 66 valence electrons. The highest BCUT2D eigenvalue weighted by atomic mass is 79.9. The molecule has 0 aliphatic heterocycles. The highest BCUT2D eigenvalue weighted by molar-refractivity contribution is 9.10. The maximum Gasteiger partial charge on any atom is 0.171 e. The second-order valence-corrected chi connectivity index (χ2v) is 3.72. The molecule has 0 radical (unpaired) electrons. The minimum absolute atomic E-state index is 0.236. The Kier molecular flexibility index (Phi) is 2.09. The van der Waals surface area contributed by atoms with E-state index in [1.165, 1.54) is 0 Å². The molecule has 2 rings (SSSR count). The van der Waals surface area contributed by atoms with Gasteiger partial charge in [-0.25, -0.2) is 9.97 Å². The Morgan fingerprint density at radius 2 is 2.08 bits per heavy atom. The van der Waals surface area contributed by atoms with Crippen molar-refractivity contribution in [3.8, 4) is 0 Å². The fourth-order valence-corrected chi connectivity index (χ4v) is 1.61. The van der Waals surface area contributed by atoms with Crippen molar-refractivity contribution in [3.05, 3.63) is 27.8 Å². The number of nitrogen functional groups attached to an aromatic ring is 1. The van der Waals surface area contributed by atoms with Gasteiger partial charge >= 0.3 is 0 Å². The molecule has 1 aromatic heterocycles. The van der Waals surface area contributed by atoms with E-state index < -0.39 is 0 Å². The smallest absolute Gasteiger partial charge is 0.171 e. The molecule has 1 aromatic carbocycles. The lowest BCUT2D eigenvalue weighted by Crippen LogP contribution is -1.95. The molecule has 0 aliphatic carbocycles. The first kappa shape index (κ1) is 8.72. The van der Waals surface area contributed by atoms with Crippen molar-refractivity contribution in [2.24, 2.45) is 0 Å². The number of para-hydroxylation sites is 1. The fraction of sp³-hybridized carbons (Fsp3) is 0. The third-order valence-corrected chi connectivity index (χ3v) is 2.55. The Hall–Kier alpha value is -0.870. The molecule has 2 aromatic rings. The number of halogens is 2. The molecule has 1 heterocycles. The molecule has 5 heteroatoms. The van der Waals surface area contributed by atoms with Gasteiger partial charge in [-0.15, -0.1) is 0 Å². The highest BCUT2D eigenvalue weighted by Gasteiger charge is 2.05. The van der Waals surface area contributed by atoms with Crippen molar-refractivity contribution in [3.63, 3.8) is 0 Å². The summed E-state index contributed by atoms with van der Waals surface area (Å²) in [7, 11) is 0. The number of benzene rings is 1. The van der Waals surface area contributed by atoms with Crippen LogP contribution in [0.1, 0.15) is 0 Å². The van der Waals surface area contributed by atoms with E-state index in [4.69, 9.17) is 17.3 Å². The number of nitrogens with zero attached hydrogens (tertiary/aromatic N) is 2. The summed E-state index contributed by atoms with van der Waals surface area (Å²) in [6.07, 6.45) is 0. The maximum absolute atomic E-state index is 5.74. The largest absolute Gasteiger partial charge is 0.381 e. The summed E-state index contributed by atoms with van der Waals surface area (Å²) >= 11 is 9.09. The van der Waals surface area contributed by atoms with E-state index in [0.29, 0.717) is 0 Å². The molecule has 0 saturated heterocycles. The molecule has 0 saturated carbocycles. The zero-order chi connectivity index (χ0) is 9.42. The van der Waals surface area contributed by atoms with Gasteiger partial charge in [0, 0.05) is 4.47 Å². The summed E-state index contributed by atoms with van der Waals surface area (Å²) < 4.78 is 0.861. The van der Waals surface area contributed by atoms with E-state index in [1.54, 1.807) is 0 Å². The standard InChI is InChI=1S/C8H5BrClN3/c9-4-2-1-3-5-6(4)13-7(10)8(11)12-5/h1-3H,(H2,11,12). The molecule has 0 fully saturated rings. The monoisotopic (exact) mass is 257 g/mol. The van der Waals surface area contributed by atoms with Crippen LogP contribution in [0.25, 0.3) is 11.0 Å². The number of rotatable bonds is 0. The van der Waals surface area contributed by atoms with E-state index in [1.807, 2.05) is 18.2 Å². The molecule has 0 amide bonds. The first-order valence-corrected chi connectivity index (χ1v) is 4.73. The van der Waals surface area contributed by atoms with Gasteiger partial charge in [-0.2, -0.15) is 0 Å². The van der Waals surface area contributed by atoms with Crippen LogP contribution in [-0.4, -0.2) is 9.97 Å². The summed E-state index contributed by atoms with van der Waals surface area (Å²) in [5.74, 6) is 0.257. The van der Waals surface area contributed by atoms with Gasteiger partial charge in [-0.05, 0) is 28.1 Å². The van der Waals surface area contributed by atoms with E-state index >= 15 is 0 Å². The molecule has 13 heavy (non-hydrogen) atoms. The third-order valence-electron chi connectivity index (χ3n) is 1.63. The molecule has 0 aliphatic rings. The SMILES string of the molecule is Nc1nc2cccc(Br)c2nc1Cl. The Morgan fingerprint density at radius 3 is 2.85 bits per heavy atom. The lowest BCUT2D eigenvalue weighted by atomic mass is 10.3. The van der Waals surface area contributed by atoms with Crippen molar-refractivity contribution in [1.82, 2.24) is 9.97 Å². The lowest BCUT2D eigenvalue weighted by molar-refractivity contribution is 1.29. The number of fused-ring (bicyclic) bond motifs is 1. The minimum Gasteiger partial charge on any atom is -0.381 e. The topological polar surface area (TPSA) is 51.8 Å². The fourth-order valence-electron chi connectivity index (χ4n) is 1.04. The van der Waals surface area contributed by atoms with Crippen LogP contribution in [0.4, 0.5) is 5.82 Å². The van der Waals surface area contributed by atoms with Gasteiger partial charge in [0.2, 0.25) is 0 Å². The number of anilines is 1. The van der Waals surface area contributed by atoms with Crippen molar-refractivity contribution in [1.29, 1.82) is 0 Å². The quantitative estimate of drug-likeness (QED) is 0.790. The molecule has 3 nitrogen and oxygen atoms in total. The van der Waals surface area contributed by atoms with Crippen LogP contribution in [-0.2, 0) is 0 Å². The van der Waals surface area contributed by atoms with Crippen LogP contribution in [0.2, 0.25) is 5.15 Å². The molecular formula is C8H5BrClN3. The molecular weight excluding hydrogens is 253 g/mol. The van der Waals surface area contributed by atoms with Gasteiger partial charge < -0.3 is 5.73 Å². The Morgan fingerprint density at radius 1 is 1.31 bits per heavy atom. The normalized spacial score (nSPS) is 10.6. The van der Waals surface area contributed by atoms with Gasteiger partial charge in [0.15, 0.2) is 11.0 Å². The summed E-state index contributed by atoms with van der Waals surface area (Å²) in [6.45, 7) is 0. The minimum atomic E-state index is 0.236. The van der Waals surface area contributed by atoms with Crippen LogP contribution in [0.3, 0.4) is 0 Å². The predicted octanol–water partition coefficient (Wildman–Crippen LogP) is 2.63.